The van der Waals surface area contributed by atoms with E-state index in [0.29, 0.717) is 30.3 Å². The smallest absolute Gasteiger partial charge is 0.329 e. The summed E-state index contributed by atoms with van der Waals surface area (Å²) in [5.41, 5.74) is -0.847. The number of carboxylic acids is 1. The molecule has 1 saturated heterocycles. The zero-order chi connectivity index (χ0) is 17.3. The molecular formula is C16H17N3O5. The number of H-pyrrole nitrogens is 1. The molecule has 0 bridgehead atoms. The molecule has 1 aromatic carbocycles. The number of likely N-dealkylation sites (tertiary alicyclic amines) is 1. The predicted molar refractivity (Wildman–Crippen MR) is 85.8 cm³/mol. The zero-order valence-electron chi connectivity index (χ0n) is 12.9. The van der Waals surface area contributed by atoms with Crippen LogP contribution in [-0.4, -0.2) is 44.0 Å². The summed E-state index contributed by atoms with van der Waals surface area (Å²) in [7, 11) is 0. The summed E-state index contributed by atoms with van der Waals surface area (Å²) in [6.07, 6.45) is 1.82. The lowest BCUT2D eigenvalue weighted by Gasteiger charge is -2.33. The average molecular weight is 331 g/mol. The number of piperidine rings is 1. The van der Waals surface area contributed by atoms with E-state index >= 15 is 0 Å². The fraction of sp³-hybridized carbons (Fsp3) is 0.375. The van der Waals surface area contributed by atoms with Crippen LogP contribution in [0.25, 0.3) is 10.9 Å². The lowest BCUT2D eigenvalue weighted by Crippen LogP contribution is -2.51. The number of aromatic nitrogens is 2. The Morgan fingerprint density at radius 3 is 2.71 bits per heavy atom. The molecule has 8 heteroatoms. The molecule has 1 aliphatic rings. The molecule has 0 aliphatic carbocycles. The van der Waals surface area contributed by atoms with E-state index in [2.05, 4.69) is 4.98 Å². The topological polar surface area (TPSA) is 112 Å². The van der Waals surface area contributed by atoms with Gasteiger partial charge in [-0.25, -0.2) is 9.59 Å². The summed E-state index contributed by atoms with van der Waals surface area (Å²) in [6.45, 7) is -0.154. The number of para-hydroxylation sites is 1. The van der Waals surface area contributed by atoms with Crippen molar-refractivity contribution in [1.82, 2.24) is 14.5 Å². The van der Waals surface area contributed by atoms with Crippen LogP contribution in [0.15, 0.2) is 33.9 Å². The summed E-state index contributed by atoms with van der Waals surface area (Å²) < 4.78 is 0.818. The van der Waals surface area contributed by atoms with Crippen molar-refractivity contribution < 1.29 is 14.7 Å². The number of amides is 1. The summed E-state index contributed by atoms with van der Waals surface area (Å²) in [4.78, 5) is 52.1. The molecule has 2 N–H and O–H groups in total. The number of hydrogen-bond acceptors (Lipinski definition) is 4. The number of rotatable bonds is 3. The lowest BCUT2D eigenvalue weighted by molar-refractivity contribution is -0.152. The van der Waals surface area contributed by atoms with Gasteiger partial charge in [0, 0.05) is 6.54 Å². The minimum Gasteiger partial charge on any atom is -0.480 e. The van der Waals surface area contributed by atoms with Crippen LogP contribution >= 0.6 is 0 Å². The first-order chi connectivity index (χ1) is 11.5. The van der Waals surface area contributed by atoms with Crippen molar-refractivity contribution in [1.29, 1.82) is 0 Å². The van der Waals surface area contributed by atoms with Crippen molar-refractivity contribution in [2.24, 2.45) is 0 Å². The van der Waals surface area contributed by atoms with Gasteiger partial charge in [-0.3, -0.25) is 14.2 Å². The summed E-state index contributed by atoms with van der Waals surface area (Å²) >= 11 is 0. The molecule has 0 radical (unpaired) electrons. The molecular weight excluding hydrogens is 314 g/mol. The Hall–Kier alpha value is -2.90. The highest BCUT2D eigenvalue weighted by Crippen LogP contribution is 2.17. The van der Waals surface area contributed by atoms with Gasteiger partial charge in [-0.15, -0.1) is 0 Å². The van der Waals surface area contributed by atoms with Gasteiger partial charge in [0.1, 0.15) is 12.6 Å². The number of benzene rings is 1. The van der Waals surface area contributed by atoms with Gasteiger partial charge < -0.3 is 15.0 Å². The number of nitrogens with one attached hydrogen (secondary N) is 1. The van der Waals surface area contributed by atoms with Crippen molar-refractivity contribution in [3.63, 3.8) is 0 Å². The number of carbonyl (C=O) groups is 2. The molecule has 1 fully saturated rings. The summed E-state index contributed by atoms with van der Waals surface area (Å²) in [5.74, 6) is -1.60. The fourth-order valence-electron chi connectivity index (χ4n) is 3.06. The van der Waals surface area contributed by atoms with Crippen molar-refractivity contribution in [3.05, 3.63) is 45.1 Å². The van der Waals surface area contributed by atoms with Crippen LogP contribution in [0.1, 0.15) is 19.3 Å². The highest BCUT2D eigenvalue weighted by molar-refractivity contribution is 5.84. The van der Waals surface area contributed by atoms with Crippen LogP contribution in [-0.2, 0) is 16.1 Å². The van der Waals surface area contributed by atoms with E-state index in [4.69, 9.17) is 0 Å². The standard InChI is InChI=1S/C16H17N3O5/c20-13(18-8-4-3-7-12(18)15(22)23)9-19-14(21)10-5-1-2-6-11(10)17-16(19)24/h1-2,5-6,12H,3-4,7-9H2,(H,17,24)(H,22,23)/t12-/m1/s1. The second-order valence-corrected chi connectivity index (χ2v) is 5.80. The molecule has 1 amide bonds. The number of carboxylic acid groups (broad SMARTS) is 1. The van der Waals surface area contributed by atoms with Gasteiger partial charge in [0.2, 0.25) is 5.91 Å². The van der Waals surface area contributed by atoms with E-state index in [1.54, 1.807) is 24.3 Å². The van der Waals surface area contributed by atoms with Crippen LogP contribution in [0.5, 0.6) is 0 Å². The molecule has 1 aromatic heterocycles. The Morgan fingerprint density at radius 1 is 1.21 bits per heavy atom. The first kappa shape index (κ1) is 16.0. The molecule has 3 rings (SSSR count). The molecule has 0 unspecified atom stereocenters. The highest BCUT2D eigenvalue weighted by Gasteiger charge is 2.32. The minimum absolute atomic E-state index is 0.304. The van der Waals surface area contributed by atoms with Gasteiger partial charge in [0.15, 0.2) is 0 Å². The number of aliphatic carboxylic acids is 1. The second kappa shape index (κ2) is 6.31. The maximum atomic E-state index is 12.5. The Balaban J connectivity index is 1.94. The van der Waals surface area contributed by atoms with Crippen molar-refractivity contribution in [2.75, 3.05) is 6.54 Å². The van der Waals surface area contributed by atoms with E-state index in [9.17, 15) is 24.3 Å². The maximum Gasteiger partial charge on any atom is 0.329 e. The summed E-state index contributed by atoms with van der Waals surface area (Å²) in [6, 6.07) is 5.63. The molecule has 0 saturated carbocycles. The lowest BCUT2D eigenvalue weighted by atomic mass is 10.0. The number of nitrogens with zero attached hydrogens (tertiary/aromatic N) is 2. The van der Waals surface area contributed by atoms with Gasteiger partial charge in [-0.05, 0) is 31.4 Å². The van der Waals surface area contributed by atoms with E-state index in [-0.39, 0.29) is 0 Å². The third-order valence-corrected chi connectivity index (χ3v) is 4.29. The highest BCUT2D eigenvalue weighted by atomic mass is 16.4. The van der Waals surface area contributed by atoms with Crippen LogP contribution in [0.2, 0.25) is 0 Å². The molecule has 8 nitrogen and oxygen atoms in total. The molecule has 1 aliphatic heterocycles. The molecule has 1 atom stereocenters. The molecule has 126 valence electrons. The van der Waals surface area contributed by atoms with E-state index < -0.39 is 35.7 Å². The third kappa shape index (κ3) is 2.82. The van der Waals surface area contributed by atoms with E-state index in [1.165, 1.54) is 4.90 Å². The average Bonchev–Trinajstić information content (AvgIpc) is 2.58. The van der Waals surface area contributed by atoms with Crippen LogP contribution < -0.4 is 11.2 Å². The molecule has 2 heterocycles. The van der Waals surface area contributed by atoms with Gasteiger partial charge >= 0.3 is 11.7 Å². The van der Waals surface area contributed by atoms with Gasteiger partial charge in [0.05, 0.1) is 10.9 Å². The number of fused-ring (bicyclic) bond motifs is 1. The van der Waals surface area contributed by atoms with Crippen molar-refractivity contribution in [3.8, 4) is 0 Å². The van der Waals surface area contributed by atoms with Crippen molar-refractivity contribution in [2.45, 2.75) is 31.8 Å². The molecule has 0 spiro atoms. The Bertz CT molecular complexity index is 914. The van der Waals surface area contributed by atoms with Gasteiger partial charge in [-0.2, -0.15) is 0 Å². The Kier molecular flexibility index (Phi) is 4.20. The summed E-state index contributed by atoms with van der Waals surface area (Å²) in [5, 5.41) is 9.55. The molecule has 2 aromatic rings. The van der Waals surface area contributed by atoms with Crippen LogP contribution in [0.3, 0.4) is 0 Å². The van der Waals surface area contributed by atoms with Crippen LogP contribution in [0.4, 0.5) is 0 Å². The fourth-order valence-corrected chi connectivity index (χ4v) is 3.06. The zero-order valence-corrected chi connectivity index (χ0v) is 12.9. The Labute approximate surface area is 136 Å². The van der Waals surface area contributed by atoms with Gasteiger partial charge in [0.25, 0.3) is 5.56 Å². The quantitative estimate of drug-likeness (QED) is 0.832. The number of carbonyl (C=O) groups excluding carboxylic acids is 1. The van der Waals surface area contributed by atoms with Crippen LogP contribution in [0, 0.1) is 0 Å². The largest absolute Gasteiger partial charge is 0.480 e. The maximum absolute atomic E-state index is 12.5. The first-order valence-corrected chi connectivity index (χ1v) is 7.73. The number of hydrogen-bond donors (Lipinski definition) is 2. The van der Waals surface area contributed by atoms with Gasteiger partial charge in [-0.1, -0.05) is 12.1 Å². The monoisotopic (exact) mass is 331 g/mol. The third-order valence-electron chi connectivity index (χ3n) is 4.29. The van der Waals surface area contributed by atoms with E-state index in [1.807, 2.05) is 0 Å². The van der Waals surface area contributed by atoms with E-state index in [0.717, 1.165) is 11.0 Å². The second-order valence-electron chi connectivity index (χ2n) is 5.80. The SMILES string of the molecule is O=C(O)[C@H]1CCCCN1C(=O)Cn1c(=O)[nH]c2ccccc2c1=O. The Morgan fingerprint density at radius 2 is 1.96 bits per heavy atom. The molecule has 24 heavy (non-hydrogen) atoms. The van der Waals surface area contributed by atoms with Crippen molar-refractivity contribution >= 4 is 22.8 Å². The first-order valence-electron chi connectivity index (χ1n) is 7.73. The predicted octanol–water partition coefficient (Wildman–Crippen LogP) is 0.155. The minimum atomic E-state index is -1.07. The number of aromatic amines is 1. The normalized spacial score (nSPS) is 17.8.